The van der Waals surface area contributed by atoms with E-state index in [2.05, 4.69) is 8.75 Å². The van der Waals surface area contributed by atoms with Crippen molar-refractivity contribution in [1.82, 2.24) is 8.75 Å². The van der Waals surface area contributed by atoms with Gasteiger partial charge in [0.25, 0.3) is 0 Å². The van der Waals surface area contributed by atoms with Gasteiger partial charge in [-0.15, -0.1) is 0 Å². The van der Waals surface area contributed by atoms with Crippen molar-refractivity contribution >= 4 is 45.8 Å². The van der Waals surface area contributed by atoms with Crippen molar-refractivity contribution in [1.29, 1.82) is 0 Å². The minimum absolute atomic E-state index is 0. The van der Waals surface area contributed by atoms with Gasteiger partial charge in [-0.3, -0.25) is 4.79 Å². The molecule has 0 bridgehead atoms. The molecular formula is C28H26N3NaO4S. The minimum Gasteiger partial charge on any atom is -0.545 e. The van der Waals surface area contributed by atoms with E-state index in [4.69, 9.17) is 4.74 Å². The van der Waals surface area contributed by atoms with Crippen LogP contribution >= 0.6 is 11.7 Å². The van der Waals surface area contributed by atoms with Crippen LogP contribution in [0.5, 0.6) is 5.75 Å². The van der Waals surface area contributed by atoms with E-state index in [1.165, 1.54) is 0 Å². The third-order valence-corrected chi connectivity index (χ3v) is 6.18. The summed E-state index contributed by atoms with van der Waals surface area (Å²) in [7, 11) is 3.84. The Morgan fingerprint density at radius 3 is 2.27 bits per heavy atom. The van der Waals surface area contributed by atoms with Gasteiger partial charge in [-0.2, -0.15) is 8.75 Å². The molecule has 9 heteroatoms. The fraction of sp³-hybridized carbons (Fsp3) is 0.214. The van der Waals surface area contributed by atoms with Crippen molar-refractivity contribution < 1.29 is 49.0 Å². The van der Waals surface area contributed by atoms with Gasteiger partial charge in [0.2, 0.25) is 0 Å². The zero-order valence-corrected chi connectivity index (χ0v) is 24.3. The molecule has 0 fully saturated rings. The Labute approximate surface area is 242 Å². The Bertz CT molecular complexity index is 1450. The Hall–Kier alpha value is -3.04. The summed E-state index contributed by atoms with van der Waals surface area (Å²) >= 11 is 1.04. The Morgan fingerprint density at radius 2 is 1.62 bits per heavy atom. The van der Waals surface area contributed by atoms with Crippen molar-refractivity contribution in [2.45, 2.75) is 26.4 Å². The monoisotopic (exact) mass is 523 g/mol. The maximum absolute atomic E-state index is 13.8. The second-order valence-electron chi connectivity index (χ2n) is 8.87. The third-order valence-electron chi connectivity index (χ3n) is 5.62. The normalized spacial score (nSPS) is 11.6. The zero-order valence-electron chi connectivity index (χ0n) is 21.5. The molecule has 0 saturated carbocycles. The summed E-state index contributed by atoms with van der Waals surface area (Å²) in [6.07, 6.45) is 0.104. The number of benzene rings is 3. The van der Waals surface area contributed by atoms with Gasteiger partial charge in [0.15, 0.2) is 5.78 Å². The summed E-state index contributed by atoms with van der Waals surface area (Å²) in [6, 6.07) is 19.3. The average molecular weight is 524 g/mol. The molecule has 0 atom stereocenters. The second-order valence-corrected chi connectivity index (χ2v) is 9.40. The molecule has 0 N–H and O–H groups in total. The van der Waals surface area contributed by atoms with Crippen molar-refractivity contribution in [3.8, 4) is 5.75 Å². The number of aromatic nitrogens is 2. The Balaban J connectivity index is 0.00000380. The smallest absolute Gasteiger partial charge is 0.545 e. The van der Waals surface area contributed by atoms with Gasteiger partial charge >= 0.3 is 29.6 Å². The van der Waals surface area contributed by atoms with Gasteiger partial charge < -0.3 is 19.5 Å². The number of nitrogens with zero attached hydrogens (tertiary/aromatic N) is 3. The first-order valence-electron chi connectivity index (χ1n) is 11.5. The number of ether oxygens (including phenoxy) is 1. The van der Waals surface area contributed by atoms with Crippen LogP contribution in [0.25, 0.3) is 16.6 Å². The molecule has 0 unspecified atom stereocenters. The summed E-state index contributed by atoms with van der Waals surface area (Å²) in [5, 5.41) is 12.5. The Kier molecular flexibility index (Phi) is 9.62. The summed E-state index contributed by atoms with van der Waals surface area (Å²) in [5.74, 6) is -1.19. The predicted octanol–water partition coefficient (Wildman–Crippen LogP) is 1.18. The standard InChI is InChI=1S/C28H27N3O4S.Na/c1-17(2)35-22-11-8-19(9-12-22)27(32)23(15-18-6-5-7-21(14-18)31(3)4)26(28(33)34)20-10-13-24-25(16-20)30-36-29-24;/h5-14,16-17H,15H2,1-4H3,(H,33,34);/q;+1/p-1/b26-23+;. The van der Waals surface area contributed by atoms with Crippen LogP contribution in [0.1, 0.15) is 35.3 Å². The summed E-state index contributed by atoms with van der Waals surface area (Å²) in [5.41, 5.74) is 3.65. The van der Waals surface area contributed by atoms with Gasteiger partial charge in [0, 0.05) is 42.9 Å². The van der Waals surface area contributed by atoms with E-state index < -0.39 is 11.8 Å². The van der Waals surface area contributed by atoms with Gasteiger partial charge in [0.05, 0.1) is 23.8 Å². The van der Waals surface area contributed by atoms with E-state index in [9.17, 15) is 14.7 Å². The van der Waals surface area contributed by atoms with E-state index in [0.29, 0.717) is 27.9 Å². The van der Waals surface area contributed by atoms with E-state index in [1.807, 2.05) is 57.1 Å². The molecule has 0 amide bonds. The van der Waals surface area contributed by atoms with E-state index in [0.717, 1.165) is 23.0 Å². The molecule has 0 aliphatic heterocycles. The molecule has 3 aromatic carbocycles. The number of anilines is 1. The third kappa shape index (κ3) is 6.84. The van der Waals surface area contributed by atoms with Crippen LogP contribution in [-0.2, 0) is 11.2 Å². The fourth-order valence-electron chi connectivity index (χ4n) is 3.92. The predicted molar refractivity (Wildman–Crippen MR) is 140 cm³/mol. The summed E-state index contributed by atoms with van der Waals surface area (Å²) in [4.78, 5) is 28.3. The molecule has 184 valence electrons. The van der Waals surface area contributed by atoms with Crippen molar-refractivity contribution in [3.63, 3.8) is 0 Å². The number of hydrogen-bond donors (Lipinski definition) is 0. The van der Waals surface area contributed by atoms with E-state index in [1.54, 1.807) is 42.5 Å². The number of carbonyl (C=O) groups excluding carboxylic acids is 2. The van der Waals surface area contributed by atoms with Crippen LogP contribution < -0.4 is 44.3 Å². The number of carboxylic acid groups (broad SMARTS) is 1. The van der Waals surface area contributed by atoms with Crippen LogP contribution in [0.15, 0.2) is 72.3 Å². The van der Waals surface area contributed by atoms with Gasteiger partial charge in [-0.1, -0.05) is 18.2 Å². The van der Waals surface area contributed by atoms with Crippen LogP contribution in [0.2, 0.25) is 0 Å². The second kappa shape index (κ2) is 12.5. The molecule has 1 aromatic heterocycles. The number of rotatable bonds is 9. The molecule has 1 heterocycles. The molecule has 0 radical (unpaired) electrons. The number of carbonyl (C=O) groups is 2. The molecule has 4 rings (SSSR count). The number of carboxylic acids is 1. The molecule has 0 saturated heterocycles. The topological polar surface area (TPSA) is 95.5 Å². The largest absolute Gasteiger partial charge is 1.00 e. The number of aliphatic carboxylic acids is 1. The van der Waals surface area contributed by atoms with E-state index >= 15 is 0 Å². The maximum Gasteiger partial charge on any atom is 1.00 e. The summed E-state index contributed by atoms with van der Waals surface area (Å²) < 4.78 is 14.1. The Morgan fingerprint density at radius 1 is 0.946 bits per heavy atom. The first-order valence-corrected chi connectivity index (χ1v) is 12.2. The van der Waals surface area contributed by atoms with E-state index in [-0.39, 0.29) is 53.2 Å². The van der Waals surface area contributed by atoms with Crippen molar-refractivity contribution in [2.75, 3.05) is 19.0 Å². The summed E-state index contributed by atoms with van der Waals surface area (Å²) in [6.45, 7) is 3.84. The first-order chi connectivity index (χ1) is 17.2. The quantitative estimate of drug-likeness (QED) is 0.185. The molecule has 7 nitrogen and oxygen atoms in total. The van der Waals surface area contributed by atoms with Gasteiger partial charge in [0.1, 0.15) is 16.8 Å². The van der Waals surface area contributed by atoms with Crippen molar-refractivity contribution in [2.24, 2.45) is 0 Å². The van der Waals surface area contributed by atoms with Crippen LogP contribution in [0.4, 0.5) is 5.69 Å². The molecule has 4 aromatic rings. The number of allylic oxidation sites excluding steroid dienone is 1. The van der Waals surface area contributed by atoms with Crippen LogP contribution in [-0.4, -0.2) is 40.7 Å². The maximum atomic E-state index is 13.8. The SMILES string of the molecule is CC(C)Oc1ccc(C(=O)/C(Cc2cccc(N(C)C)c2)=C(/C(=O)[O-])c2ccc3nsnc3c2)cc1.[Na+]. The first kappa shape index (κ1) is 28.5. The zero-order chi connectivity index (χ0) is 25.8. The fourth-order valence-corrected chi connectivity index (χ4v) is 4.43. The number of hydrogen-bond acceptors (Lipinski definition) is 8. The number of Topliss-reactive ketones (excluding diaryl/α,β-unsaturated/α-hetero) is 1. The van der Waals surface area contributed by atoms with Crippen LogP contribution in [0.3, 0.4) is 0 Å². The molecule has 0 aliphatic carbocycles. The molecule has 37 heavy (non-hydrogen) atoms. The minimum atomic E-state index is -1.43. The van der Waals surface area contributed by atoms with Gasteiger partial charge in [-0.05, 0) is 73.5 Å². The van der Waals surface area contributed by atoms with Crippen LogP contribution in [0, 0.1) is 0 Å². The molecule has 0 spiro atoms. The number of ketones is 1. The average Bonchev–Trinajstić information content (AvgIpc) is 3.31. The molecule has 0 aliphatic rings. The number of fused-ring (bicyclic) bond motifs is 1. The van der Waals surface area contributed by atoms with Gasteiger partial charge in [-0.25, -0.2) is 0 Å². The molecular weight excluding hydrogens is 497 g/mol. The van der Waals surface area contributed by atoms with Crippen molar-refractivity contribution in [3.05, 3.63) is 89.0 Å².